The van der Waals surface area contributed by atoms with E-state index >= 15 is 0 Å². The highest BCUT2D eigenvalue weighted by Crippen LogP contribution is 2.23. The standard InChI is InChI=1S/C15H24BrClN2/c1-2-3-4-5-6-7-14(19-18)10-12-8-9-13(16)11-15(12)17/h8-9,11,14,19H,2-7,10,18H2,1H3. The van der Waals surface area contributed by atoms with Gasteiger partial charge in [0, 0.05) is 15.5 Å². The lowest BCUT2D eigenvalue weighted by molar-refractivity contribution is 0.461. The molecule has 0 amide bonds. The number of rotatable bonds is 9. The molecule has 0 fully saturated rings. The van der Waals surface area contributed by atoms with Gasteiger partial charge in [-0.1, -0.05) is 72.6 Å². The van der Waals surface area contributed by atoms with E-state index in [0.717, 1.165) is 27.9 Å². The number of nitrogens with one attached hydrogen (secondary N) is 1. The smallest absolute Gasteiger partial charge is 0.0449 e. The minimum absolute atomic E-state index is 0.306. The van der Waals surface area contributed by atoms with E-state index in [1.807, 2.05) is 12.1 Å². The number of hydrazine groups is 1. The Morgan fingerprint density at radius 1 is 1.26 bits per heavy atom. The van der Waals surface area contributed by atoms with Gasteiger partial charge in [-0.25, -0.2) is 0 Å². The van der Waals surface area contributed by atoms with Crippen molar-refractivity contribution >= 4 is 27.5 Å². The lowest BCUT2D eigenvalue weighted by Gasteiger charge is -2.16. The van der Waals surface area contributed by atoms with Crippen molar-refractivity contribution in [3.63, 3.8) is 0 Å². The molecule has 0 radical (unpaired) electrons. The Labute approximate surface area is 130 Å². The Bertz CT molecular complexity index is 371. The summed E-state index contributed by atoms with van der Waals surface area (Å²) in [6.07, 6.45) is 8.45. The van der Waals surface area contributed by atoms with E-state index in [1.54, 1.807) is 0 Å². The van der Waals surface area contributed by atoms with Crippen LogP contribution in [0, 0.1) is 0 Å². The number of hydrogen-bond acceptors (Lipinski definition) is 2. The van der Waals surface area contributed by atoms with Crippen LogP contribution in [0.15, 0.2) is 22.7 Å². The van der Waals surface area contributed by atoms with Gasteiger partial charge in [0.1, 0.15) is 0 Å². The molecule has 3 N–H and O–H groups in total. The van der Waals surface area contributed by atoms with Gasteiger partial charge in [0.15, 0.2) is 0 Å². The Hall–Kier alpha value is -0.0900. The number of benzene rings is 1. The highest BCUT2D eigenvalue weighted by molar-refractivity contribution is 9.10. The van der Waals surface area contributed by atoms with Gasteiger partial charge in [0.2, 0.25) is 0 Å². The predicted molar refractivity (Wildman–Crippen MR) is 87.3 cm³/mol. The third-order valence-electron chi connectivity index (χ3n) is 3.37. The third kappa shape index (κ3) is 6.75. The summed E-state index contributed by atoms with van der Waals surface area (Å²) in [6, 6.07) is 6.33. The maximum Gasteiger partial charge on any atom is 0.0449 e. The molecule has 1 rings (SSSR count). The van der Waals surface area contributed by atoms with Crippen molar-refractivity contribution < 1.29 is 0 Å². The molecular formula is C15H24BrClN2. The van der Waals surface area contributed by atoms with Crippen LogP contribution in [0.2, 0.25) is 5.02 Å². The van der Waals surface area contributed by atoms with Crippen LogP contribution in [0.5, 0.6) is 0 Å². The van der Waals surface area contributed by atoms with Crippen LogP contribution in [0.3, 0.4) is 0 Å². The van der Waals surface area contributed by atoms with Crippen molar-refractivity contribution in [3.05, 3.63) is 33.3 Å². The zero-order chi connectivity index (χ0) is 14.1. The van der Waals surface area contributed by atoms with Gasteiger partial charge in [-0.05, 0) is 30.5 Å². The van der Waals surface area contributed by atoms with Gasteiger partial charge in [0.05, 0.1) is 0 Å². The number of nitrogens with two attached hydrogens (primary N) is 1. The molecule has 108 valence electrons. The molecular weight excluding hydrogens is 324 g/mol. The fraction of sp³-hybridized carbons (Fsp3) is 0.600. The maximum absolute atomic E-state index is 6.23. The normalized spacial score (nSPS) is 12.6. The molecule has 1 unspecified atom stereocenters. The minimum Gasteiger partial charge on any atom is -0.271 e. The van der Waals surface area contributed by atoms with Gasteiger partial charge >= 0.3 is 0 Å². The molecule has 0 bridgehead atoms. The average Bonchev–Trinajstić information content (AvgIpc) is 2.39. The van der Waals surface area contributed by atoms with Crippen molar-refractivity contribution in [1.82, 2.24) is 5.43 Å². The second-order valence-electron chi connectivity index (χ2n) is 5.01. The first kappa shape index (κ1) is 17.0. The van der Waals surface area contributed by atoms with E-state index in [0.29, 0.717) is 6.04 Å². The first-order valence-corrected chi connectivity index (χ1v) is 8.24. The number of hydrogen-bond donors (Lipinski definition) is 2. The third-order valence-corrected chi connectivity index (χ3v) is 4.22. The number of unbranched alkanes of at least 4 members (excludes halogenated alkanes) is 4. The average molecular weight is 348 g/mol. The summed E-state index contributed by atoms with van der Waals surface area (Å²) < 4.78 is 1.01. The van der Waals surface area contributed by atoms with Crippen LogP contribution < -0.4 is 11.3 Å². The first-order valence-electron chi connectivity index (χ1n) is 7.07. The molecule has 0 heterocycles. The molecule has 0 aliphatic heterocycles. The van der Waals surface area contributed by atoms with Crippen molar-refractivity contribution in [3.8, 4) is 0 Å². The predicted octanol–water partition coefficient (Wildman–Crippen LogP) is 4.84. The topological polar surface area (TPSA) is 38.0 Å². The summed E-state index contributed by atoms with van der Waals surface area (Å²) in [6.45, 7) is 2.24. The highest BCUT2D eigenvalue weighted by Gasteiger charge is 2.10. The van der Waals surface area contributed by atoms with Crippen LogP contribution in [-0.4, -0.2) is 6.04 Å². The maximum atomic E-state index is 6.23. The molecule has 0 aromatic heterocycles. The molecule has 0 spiro atoms. The van der Waals surface area contributed by atoms with Gasteiger partial charge in [-0.3, -0.25) is 11.3 Å². The minimum atomic E-state index is 0.306. The van der Waals surface area contributed by atoms with Crippen molar-refractivity contribution in [1.29, 1.82) is 0 Å². The summed E-state index contributed by atoms with van der Waals surface area (Å²) in [5.41, 5.74) is 4.07. The fourth-order valence-electron chi connectivity index (χ4n) is 2.19. The van der Waals surface area contributed by atoms with Crippen LogP contribution >= 0.6 is 27.5 Å². The molecule has 4 heteroatoms. The van der Waals surface area contributed by atoms with E-state index in [-0.39, 0.29) is 0 Å². The fourth-order valence-corrected chi connectivity index (χ4v) is 2.94. The Balaban J connectivity index is 2.39. The molecule has 1 aromatic rings. The van der Waals surface area contributed by atoms with E-state index in [4.69, 9.17) is 17.4 Å². The zero-order valence-corrected chi connectivity index (χ0v) is 13.9. The van der Waals surface area contributed by atoms with Crippen molar-refractivity contribution in [2.45, 2.75) is 57.9 Å². The summed E-state index contributed by atoms with van der Waals surface area (Å²) in [5.74, 6) is 5.64. The van der Waals surface area contributed by atoms with Gasteiger partial charge in [-0.15, -0.1) is 0 Å². The summed E-state index contributed by atoms with van der Waals surface area (Å²) >= 11 is 9.66. The van der Waals surface area contributed by atoms with Crippen molar-refractivity contribution in [2.75, 3.05) is 0 Å². The van der Waals surface area contributed by atoms with E-state index in [2.05, 4.69) is 34.3 Å². The molecule has 0 saturated heterocycles. The molecule has 0 aliphatic carbocycles. The van der Waals surface area contributed by atoms with Crippen LogP contribution in [0.4, 0.5) is 0 Å². The second-order valence-corrected chi connectivity index (χ2v) is 6.33. The Morgan fingerprint density at radius 2 is 2.00 bits per heavy atom. The monoisotopic (exact) mass is 346 g/mol. The molecule has 2 nitrogen and oxygen atoms in total. The highest BCUT2D eigenvalue weighted by atomic mass is 79.9. The molecule has 0 saturated carbocycles. The summed E-state index contributed by atoms with van der Waals surface area (Å²) in [5, 5.41) is 0.806. The lowest BCUT2D eigenvalue weighted by Crippen LogP contribution is -2.36. The summed E-state index contributed by atoms with van der Waals surface area (Å²) in [4.78, 5) is 0. The quantitative estimate of drug-likeness (QED) is 0.381. The van der Waals surface area contributed by atoms with Gasteiger partial charge in [0.25, 0.3) is 0 Å². The lowest BCUT2D eigenvalue weighted by atomic mass is 10.0. The molecule has 1 aromatic carbocycles. The van der Waals surface area contributed by atoms with Gasteiger partial charge < -0.3 is 0 Å². The van der Waals surface area contributed by atoms with Crippen LogP contribution in [0.25, 0.3) is 0 Å². The molecule has 19 heavy (non-hydrogen) atoms. The zero-order valence-electron chi connectivity index (χ0n) is 11.6. The SMILES string of the molecule is CCCCCCCC(Cc1ccc(Br)cc1Cl)NN. The molecule has 1 atom stereocenters. The summed E-state index contributed by atoms with van der Waals surface area (Å²) in [7, 11) is 0. The Morgan fingerprint density at radius 3 is 2.63 bits per heavy atom. The van der Waals surface area contributed by atoms with E-state index < -0.39 is 0 Å². The van der Waals surface area contributed by atoms with Crippen LogP contribution in [-0.2, 0) is 6.42 Å². The van der Waals surface area contributed by atoms with Gasteiger partial charge in [-0.2, -0.15) is 0 Å². The number of halogens is 2. The van der Waals surface area contributed by atoms with E-state index in [1.165, 1.54) is 32.1 Å². The molecule has 0 aliphatic rings. The van der Waals surface area contributed by atoms with Crippen molar-refractivity contribution in [2.24, 2.45) is 5.84 Å². The largest absolute Gasteiger partial charge is 0.271 e. The Kier molecular flexibility index (Phi) is 8.71. The van der Waals surface area contributed by atoms with Crippen LogP contribution in [0.1, 0.15) is 51.0 Å². The first-order chi connectivity index (χ1) is 9.17. The second kappa shape index (κ2) is 9.76. The van der Waals surface area contributed by atoms with E-state index in [9.17, 15) is 0 Å².